The summed E-state index contributed by atoms with van der Waals surface area (Å²) in [7, 11) is 2.18. The summed E-state index contributed by atoms with van der Waals surface area (Å²) in [4.78, 5) is 0. The Morgan fingerprint density at radius 2 is 0.640 bits per heavy atom. The van der Waals surface area contributed by atoms with Crippen molar-refractivity contribution in [2.45, 2.75) is 135 Å². The molecule has 154 valence electrons. The quantitative estimate of drug-likeness (QED) is 0.270. The van der Waals surface area contributed by atoms with E-state index in [1.165, 1.54) is 135 Å². The molecule has 25 heavy (non-hydrogen) atoms. The van der Waals surface area contributed by atoms with Crippen LogP contribution in [0.15, 0.2) is 0 Å². The summed E-state index contributed by atoms with van der Waals surface area (Å²) in [6.07, 6.45) is 29.4. The summed E-state index contributed by atoms with van der Waals surface area (Å²) in [5.41, 5.74) is 0. The predicted molar refractivity (Wildman–Crippen MR) is 111 cm³/mol. The number of quaternary nitrogens is 1. The first-order valence-corrected chi connectivity index (χ1v) is 11.7. The van der Waals surface area contributed by atoms with Gasteiger partial charge in [0.2, 0.25) is 0 Å². The zero-order chi connectivity index (χ0) is 17.6. The summed E-state index contributed by atoms with van der Waals surface area (Å²) in [5.74, 6) is 0. The van der Waals surface area contributed by atoms with Crippen LogP contribution in [0.5, 0.6) is 0 Å². The van der Waals surface area contributed by atoms with Gasteiger partial charge in [-0.15, -0.1) is 0 Å². The Kier molecular flexibility index (Phi) is 29.5. The van der Waals surface area contributed by atoms with Gasteiger partial charge in [-0.25, -0.2) is 0 Å². The molecular weight excluding hydrogens is 370 g/mol. The molecule has 2 heteroatoms. The molecular formula is C23H50BrN. The Morgan fingerprint density at radius 1 is 0.400 bits per heavy atom. The maximum Gasteiger partial charge on any atom is 0.0753 e. The molecule has 1 nitrogen and oxygen atoms in total. The van der Waals surface area contributed by atoms with E-state index in [0.29, 0.717) is 0 Å². The largest absolute Gasteiger partial charge is 1.00 e. The first-order chi connectivity index (χ1) is 11.9. The van der Waals surface area contributed by atoms with Crippen LogP contribution in [0.3, 0.4) is 0 Å². The number of hydrogen-bond acceptors (Lipinski definition) is 0. The van der Waals surface area contributed by atoms with Gasteiger partial charge in [0.15, 0.2) is 0 Å². The lowest BCUT2D eigenvalue weighted by Crippen LogP contribution is -3.00. The lowest BCUT2D eigenvalue weighted by atomic mass is 10.0. The third kappa shape index (κ3) is 26.8. The van der Waals surface area contributed by atoms with Crippen LogP contribution in [-0.4, -0.2) is 13.6 Å². The monoisotopic (exact) mass is 419 g/mol. The highest BCUT2D eigenvalue weighted by Gasteiger charge is 1.95. The fourth-order valence-corrected chi connectivity index (χ4v) is 3.60. The van der Waals surface area contributed by atoms with Crippen LogP contribution < -0.4 is 22.3 Å². The second-order valence-electron chi connectivity index (χ2n) is 7.91. The molecule has 0 fully saturated rings. The van der Waals surface area contributed by atoms with Gasteiger partial charge in [-0.1, -0.05) is 122 Å². The van der Waals surface area contributed by atoms with Crippen molar-refractivity contribution in [3.05, 3.63) is 0 Å². The van der Waals surface area contributed by atoms with Crippen molar-refractivity contribution in [1.29, 1.82) is 0 Å². The molecule has 0 rings (SSSR count). The normalized spacial score (nSPS) is 10.8. The SMILES string of the molecule is CCCCCCCCCCCCCCCCCCCCCC[NH2+]C.[Br-]. The van der Waals surface area contributed by atoms with E-state index < -0.39 is 0 Å². The second kappa shape index (κ2) is 26.7. The molecule has 0 aliphatic carbocycles. The van der Waals surface area contributed by atoms with Gasteiger partial charge in [-0.2, -0.15) is 0 Å². The summed E-state index contributed by atoms with van der Waals surface area (Å²) < 4.78 is 0. The molecule has 0 spiro atoms. The topological polar surface area (TPSA) is 16.6 Å². The fourth-order valence-electron chi connectivity index (χ4n) is 3.60. The van der Waals surface area contributed by atoms with Crippen LogP contribution in [0.1, 0.15) is 135 Å². The standard InChI is InChI=1S/C23H49N.BrH/c1-3-4-5-6-7-8-9-10-11-12-13-14-15-16-17-18-19-20-21-22-23-24-2;/h24H,3-23H2,1-2H3;1H. The minimum Gasteiger partial charge on any atom is -1.00 e. The van der Waals surface area contributed by atoms with Gasteiger partial charge in [0, 0.05) is 0 Å². The Hall–Kier alpha value is 0.440. The summed E-state index contributed by atoms with van der Waals surface area (Å²) >= 11 is 0. The number of halogens is 1. The molecule has 0 aromatic rings. The average molecular weight is 421 g/mol. The van der Waals surface area contributed by atoms with E-state index in [4.69, 9.17) is 0 Å². The maximum absolute atomic E-state index is 2.30. The van der Waals surface area contributed by atoms with E-state index in [1.807, 2.05) is 0 Å². The smallest absolute Gasteiger partial charge is 0.0753 e. The minimum absolute atomic E-state index is 0. The predicted octanol–water partition coefficient (Wildman–Crippen LogP) is 4.01. The van der Waals surface area contributed by atoms with Crippen LogP contribution in [0, 0.1) is 0 Å². The Balaban J connectivity index is 0. The van der Waals surface area contributed by atoms with Crippen LogP contribution in [0.2, 0.25) is 0 Å². The van der Waals surface area contributed by atoms with Gasteiger partial charge < -0.3 is 22.3 Å². The van der Waals surface area contributed by atoms with Crippen molar-refractivity contribution in [3.63, 3.8) is 0 Å². The van der Waals surface area contributed by atoms with Crippen molar-refractivity contribution in [1.82, 2.24) is 0 Å². The fraction of sp³-hybridized carbons (Fsp3) is 1.00. The summed E-state index contributed by atoms with van der Waals surface area (Å²) in [6, 6.07) is 0. The van der Waals surface area contributed by atoms with Crippen LogP contribution in [0.25, 0.3) is 0 Å². The molecule has 0 saturated carbocycles. The average Bonchev–Trinajstić information content (AvgIpc) is 2.60. The number of hydrogen-bond donors (Lipinski definition) is 1. The molecule has 0 atom stereocenters. The molecule has 0 aliphatic rings. The Morgan fingerprint density at radius 3 is 0.880 bits per heavy atom. The third-order valence-corrected chi connectivity index (χ3v) is 5.35. The molecule has 0 unspecified atom stereocenters. The van der Waals surface area contributed by atoms with E-state index >= 15 is 0 Å². The van der Waals surface area contributed by atoms with E-state index in [9.17, 15) is 0 Å². The number of unbranched alkanes of at least 4 members (excludes halogenated alkanes) is 19. The Labute approximate surface area is 171 Å². The molecule has 0 bridgehead atoms. The molecule has 0 amide bonds. The van der Waals surface area contributed by atoms with Crippen molar-refractivity contribution in [3.8, 4) is 0 Å². The van der Waals surface area contributed by atoms with Crippen LogP contribution in [-0.2, 0) is 0 Å². The van der Waals surface area contributed by atoms with Gasteiger partial charge in [0.05, 0.1) is 13.6 Å². The van der Waals surface area contributed by atoms with Gasteiger partial charge in [-0.05, 0) is 12.8 Å². The minimum atomic E-state index is 0. The molecule has 0 heterocycles. The highest BCUT2D eigenvalue weighted by Crippen LogP contribution is 2.14. The van der Waals surface area contributed by atoms with Crippen molar-refractivity contribution in [2.24, 2.45) is 0 Å². The van der Waals surface area contributed by atoms with E-state index in [0.717, 1.165) is 0 Å². The van der Waals surface area contributed by atoms with E-state index in [2.05, 4.69) is 19.3 Å². The third-order valence-electron chi connectivity index (χ3n) is 5.35. The number of rotatable bonds is 21. The highest BCUT2D eigenvalue weighted by atomic mass is 79.9. The van der Waals surface area contributed by atoms with Gasteiger partial charge in [-0.3, -0.25) is 0 Å². The van der Waals surface area contributed by atoms with Crippen LogP contribution in [0.4, 0.5) is 0 Å². The van der Waals surface area contributed by atoms with Gasteiger partial charge in [0.1, 0.15) is 0 Å². The van der Waals surface area contributed by atoms with Crippen molar-refractivity contribution < 1.29 is 22.3 Å². The zero-order valence-corrected chi connectivity index (χ0v) is 19.4. The summed E-state index contributed by atoms with van der Waals surface area (Å²) in [5, 5.41) is 2.30. The van der Waals surface area contributed by atoms with E-state index in [1.54, 1.807) is 0 Å². The lowest BCUT2D eigenvalue weighted by Gasteiger charge is -2.04. The lowest BCUT2D eigenvalue weighted by molar-refractivity contribution is -0.627. The first-order valence-electron chi connectivity index (χ1n) is 11.7. The van der Waals surface area contributed by atoms with E-state index in [-0.39, 0.29) is 17.0 Å². The maximum atomic E-state index is 2.30. The molecule has 2 N–H and O–H groups in total. The van der Waals surface area contributed by atoms with Crippen LogP contribution >= 0.6 is 0 Å². The Bertz CT molecular complexity index is 186. The molecule has 0 saturated heterocycles. The summed E-state index contributed by atoms with van der Waals surface area (Å²) in [6.45, 7) is 3.62. The molecule has 0 radical (unpaired) electrons. The number of nitrogens with two attached hydrogens (primary N) is 1. The molecule has 0 aromatic carbocycles. The van der Waals surface area contributed by atoms with Gasteiger partial charge >= 0.3 is 0 Å². The van der Waals surface area contributed by atoms with Crippen molar-refractivity contribution >= 4 is 0 Å². The molecule has 0 aliphatic heterocycles. The second-order valence-corrected chi connectivity index (χ2v) is 7.91. The van der Waals surface area contributed by atoms with Gasteiger partial charge in [0.25, 0.3) is 0 Å². The highest BCUT2D eigenvalue weighted by molar-refractivity contribution is 4.50. The zero-order valence-electron chi connectivity index (χ0n) is 17.8. The van der Waals surface area contributed by atoms with Crippen molar-refractivity contribution in [2.75, 3.05) is 13.6 Å². The first kappa shape index (κ1) is 27.7. The molecule has 0 aromatic heterocycles.